The molecule has 1 aliphatic carbocycles. The first kappa shape index (κ1) is 13.0. The Morgan fingerprint density at radius 1 is 1.28 bits per heavy atom. The Morgan fingerprint density at radius 3 is 2.39 bits per heavy atom. The van der Waals surface area contributed by atoms with Crippen LogP contribution in [0.3, 0.4) is 0 Å². The molecule has 0 unspecified atom stereocenters. The lowest BCUT2D eigenvalue weighted by molar-refractivity contribution is -0.138. The van der Waals surface area contributed by atoms with Gasteiger partial charge in [-0.25, -0.2) is 0 Å². The molecule has 1 heterocycles. The summed E-state index contributed by atoms with van der Waals surface area (Å²) in [6, 6.07) is 0. The van der Waals surface area contributed by atoms with Crippen LogP contribution in [0.5, 0.6) is 0 Å². The van der Waals surface area contributed by atoms with E-state index in [0.29, 0.717) is 0 Å². The second-order valence-electron chi connectivity index (χ2n) is 5.04. The van der Waals surface area contributed by atoms with Gasteiger partial charge in [-0.2, -0.15) is 0 Å². The average Bonchev–Trinajstić information content (AvgIpc) is 2.61. The van der Waals surface area contributed by atoms with Crippen LogP contribution in [0.25, 0.3) is 0 Å². The molecule has 0 atom stereocenters. The molecule has 0 aromatic rings. The Labute approximate surface area is 105 Å². The van der Waals surface area contributed by atoms with Crippen molar-refractivity contribution in [2.75, 3.05) is 13.1 Å². The van der Waals surface area contributed by atoms with E-state index in [1.807, 2.05) is 0 Å². The van der Waals surface area contributed by atoms with Crippen LogP contribution >= 0.6 is 0 Å². The standard InChI is InChI=1S/C12H18N2O4/c15-9(13-8-12(18)5-1-6-12)4-7-14-10(16)2-3-11(14)17/h18H,1-8H2,(H,13,15). The zero-order chi connectivity index (χ0) is 13.2. The Morgan fingerprint density at radius 2 is 1.89 bits per heavy atom. The quantitative estimate of drug-likeness (QED) is 0.651. The lowest BCUT2D eigenvalue weighted by Crippen LogP contribution is -2.48. The Kier molecular flexibility index (Phi) is 3.65. The van der Waals surface area contributed by atoms with Gasteiger partial charge in [0.1, 0.15) is 0 Å². The zero-order valence-electron chi connectivity index (χ0n) is 10.3. The largest absolute Gasteiger partial charge is 0.388 e. The van der Waals surface area contributed by atoms with Crippen molar-refractivity contribution in [2.45, 2.75) is 44.1 Å². The molecule has 100 valence electrons. The Hall–Kier alpha value is -1.43. The molecule has 18 heavy (non-hydrogen) atoms. The van der Waals surface area contributed by atoms with Crippen molar-refractivity contribution in [1.82, 2.24) is 10.2 Å². The summed E-state index contributed by atoms with van der Waals surface area (Å²) >= 11 is 0. The lowest BCUT2D eigenvalue weighted by atomic mass is 9.80. The van der Waals surface area contributed by atoms with Crippen LogP contribution in [0.15, 0.2) is 0 Å². The van der Waals surface area contributed by atoms with Gasteiger partial charge in [0, 0.05) is 32.4 Å². The first-order valence-electron chi connectivity index (χ1n) is 6.32. The van der Waals surface area contributed by atoms with Crippen molar-refractivity contribution in [3.05, 3.63) is 0 Å². The van der Waals surface area contributed by atoms with Crippen molar-refractivity contribution in [1.29, 1.82) is 0 Å². The van der Waals surface area contributed by atoms with E-state index in [1.54, 1.807) is 0 Å². The van der Waals surface area contributed by atoms with Gasteiger partial charge in [-0.3, -0.25) is 19.3 Å². The van der Waals surface area contributed by atoms with Crippen LogP contribution in [0, 0.1) is 0 Å². The maximum Gasteiger partial charge on any atom is 0.229 e. The van der Waals surface area contributed by atoms with Crippen LogP contribution in [0.4, 0.5) is 0 Å². The number of nitrogens with one attached hydrogen (secondary N) is 1. The summed E-state index contributed by atoms with van der Waals surface area (Å²) < 4.78 is 0. The summed E-state index contributed by atoms with van der Waals surface area (Å²) in [5.74, 6) is -0.640. The molecule has 6 heteroatoms. The highest BCUT2D eigenvalue weighted by Gasteiger charge is 2.34. The van der Waals surface area contributed by atoms with Gasteiger partial charge in [-0.05, 0) is 19.3 Å². The molecule has 2 aliphatic rings. The van der Waals surface area contributed by atoms with Gasteiger partial charge in [0.15, 0.2) is 0 Å². The molecule has 1 aliphatic heterocycles. The fraction of sp³-hybridized carbons (Fsp3) is 0.750. The summed E-state index contributed by atoms with van der Waals surface area (Å²) in [4.78, 5) is 35.3. The molecular weight excluding hydrogens is 236 g/mol. The number of nitrogens with zero attached hydrogens (tertiary/aromatic N) is 1. The topological polar surface area (TPSA) is 86.7 Å². The number of aliphatic hydroxyl groups is 1. The molecule has 2 rings (SSSR count). The third-order valence-electron chi connectivity index (χ3n) is 3.62. The van der Waals surface area contributed by atoms with E-state index < -0.39 is 5.60 Å². The zero-order valence-corrected chi connectivity index (χ0v) is 10.3. The monoisotopic (exact) mass is 254 g/mol. The van der Waals surface area contributed by atoms with Gasteiger partial charge in [-0.1, -0.05) is 0 Å². The van der Waals surface area contributed by atoms with Gasteiger partial charge in [0.2, 0.25) is 17.7 Å². The third kappa shape index (κ3) is 2.87. The van der Waals surface area contributed by atoms with E-state index in [9.17, 15) is 19.5 Å². The van der Waals surface area contributed by atoms with Gasteiger partial charge in [0.25, 0.3) is 0 Å². The Bertz CT molecular complexity index is 360. The normalized spacial score (nSPS) is 21.9. The maximum atomic E-state index is 11.5. The molecule has 0 bridgehead atoms. The van der Waals surface area contributed by atoms with E-state index in [-0.39, 0.29) is 50.1 Å². The average molecular weight is 254 g/mol. The third-order valence-corrected chi connectivity index (χ3v) is 3.62. The number of rotatable bonds is 5. The van der Waals surface area contributed by atoms with Gasteiger partial charge in [-0.15, -0.1) is 0 Å². The van der Waals surface area contributed by atoms with Gasteiger partial charge in [0.05, 0.1) is 5.60 Å². The van der Waals surface area contributed by atoms with E-state index >= 15 is 0 Å². The fourth-order valence-electron chi connectivity index (χ4n) is 2.20. The highest BCUT2D eigenvalue weighted by molar-refractivity contribution is 6.02. The minimum atomic E-state index is -0.741. The first-order valence-corrected chi connectivity index (χ1v) is 6.32. The SMILES string of the molecule is O=C(CCN1C(=O)CCC1=O)NCC1(O)CCC1. The predicted octanol–water partition coefficient (Wildman–Crippen LogP) is -0.443. The van der Waals surface area contributed by atoms with Crippen LogP contribution < -0.4 is 5.32 Å². The minimum Gasteiger partial charge on any atom is -0.388 e. The molecule has 1 saturated carbocycles. The summed E-state index contributed by atoms with van der Waals surface area (Å²) in [7, 11) is 0. The molecule has 6 nitrogen and oxygen atoms in total. The minimum absolute atomic E-state index is 0.105. The van der Waals surface area contributed by atoms with Crippen LogP contribution in [0.2, 0.25) is 0 Å². The van der Waals surface area contributed by atoms with Crippen molar-refractivity contribution in [3.63, 3.8) is 0 Å². The first-order chi connectivity index (χ1) is 8.50. The predicted molar refractivity (Wildman–Crippen MR) is 62.4 cm³/mol. The number of imide groups is 1. The summed E-state index contributed by atoms with van der Waals surface area (Å²) in [5.41, 5.74) is -0.741. The second-order valence-corrected chi connectivity index (χ2v) is 5.04. The maximum absolute atomic E-state index is 11.5. The Balaban J connectivity index is 1.68. The molecule has 0 aromatic carbocycles. The lowest BCUT2D eigenvalue weighted by Gasteiger charge is -2.36. The number of likely N-dealkylation sites (tertiary alicyclic amines) is 1. The molecule has 1 saturated heterocycles. The number of carbonyl (C=O) groups excluding carboxylic acids is 3. The van der Waals surface area contributed by atoms with E-state index in [2.05, 4.69) is 5.32 Å². The number of hydrogen-bond acceptors (Lipinski definition) is 4. The summed E-state index contributed by atoms with van der Waals surface area (Å²) in [6.45, 7) is 0.398. The summed E-state index contributed by atoms with van der Waals surface area (Å²) in [6.07, 6.45) is 3.03. The van der Waals surface area contributed by atoms with Gasteiger partial charge >= 0.3 is 0 Å². The molecular formula is C12H18N2O4. The molecule has 3 amide bonds. The van der Waals surface area contributed by atoms with Gasteiger partial charge < -0.3 is 10.4 Å². The number of carbonyl (C=O) groups is 3. The molecule has 2 fully saturated rings. The van der Waals surface area contributed by atoms with Crippen molar-refractivity contribution < 1.29 is 19.5 Å². The highest BCUT2D eigenvalue weighted by atomic mass is 16.3. The van der Waals surface area contributed by atoms with Crippen LogP contribution in [-0.2, 0) is 14.4 Å². The summed E-state index contributed by atoms with van der Waals surface area (Å²) in [5, 5.41) is 12.4. The van der Waals surface area contributed by atoms with Crippen molar-refractivity contribution >= 4 is 17.7 Å². The second kappa shape index (κ2) is 5.06. The molecule has 0 aromatic heterocycles. The number of amides is 3. The van der Waals surface area contributed by atoms with Crippen molar-refractivity contribution in [3.8, 4) is 0 Å². The molecule has 0 radical (unpaired) electrons. The highest BCUT2D eigenvalue weighted by Crippen LogP contribution is 2.30. The smallest absolute Gasteiger partial charge is 0.229 e. The van der Waals surface area contributed by atoms with E-state index in [4.69, 9.17) is 0 Å². The van der Waals surface area contributed by atoms with Crippen LogP contribution in [0.1, 0.15) is 38.5 Å². The molecule has 2 N–H and O–H groups in total. The molecule has 0 spiro atoms. The fourth-order valence-corrected chi connectivity index (χ4v) is 2.20. The number of hydrogen-bond donors (Lipinski definition) is 2. The van der Waals surface area contributed by atoms with E-state index in [0.717, 1.165) is 24.2 Å². The van der Waals surface area contributed by atoms with Crippen LogP contribution in [-0.4, -0.2) is 46.4 Å². The van der Waals surface area contributed by atoms with E-state index in [1.165, 1.54) is 0 Å². The van der Waals surface area contributed by atoms with Crippen molar-refractivity contribution in [2.24, 2.45) is 0 Å².